The minimum atomic E-state index is -3.87. The third-order valence-electron chi connectivity index (χ3n) is 4.09. The van der Waals surface area contributed by atoms with E-state index in [2.05, 4.69) is 0 Å². The van der Waals surface area contributed by atoms with Crippen LogP contribution in [0.4, 0.5) is 0 Å². The molecule has 0 heterocycles. The van der Waals surface area contributed by atoms with Crippen LogP contribution in [0.2, 0.25) is 10.0 Å². The number of hydrogen-bond acceptors (Lipinski definition) is 4. The van der Waals surface area contributed by atoms with Gasteiger partial charge in [-0.25, -0.2) is 8.42 Å². The molecule has 0 spiro atoms. The van der Waals surface area contributed by atoms with Crippen LogP contribution >= 0.6 is 23.2 Å². The molecular weight excluding hydrogens is 407 g/mol. The van der Waals surface area contributed by atoms with E-state index < -0.39 is 22.2 Å². The number of nitrogens with two attached hydrogens (primary N) is 1. The molecule has 2 atom stereocenters. The predicted octanol–water partition coefficient (Wildman–Crippen LogP) is 3.70. The Balaban J connectivity index is 2.29. The van der Waals surface area contributed by atoms with Crippen LogP contribution in [0.3, 0.4) is 0 Å². The lowest BCUT2D eigenvalue weighted by Crippen LogP contribution is -2.43. The van der Waals surface area contributed by atoms with Crippen LogP contribution in [0.5, 0.6) is 0 Å². The number of aliphatic hydroxyl groups excluding tert-OH is 1. The number of nitrogens with zero attached hydrogens (tertiary/aromatic N) is 1. The van der Waals surface area contributed by atoms with E-state index in [-0.39, 0.29) is 33.9 Å². The van der Waals surface area contributed by atoms with Crippen LogP contribution in [0, 0.1) is 5.92 Å². The summed E-state index contributed by atoms with van der Waals surface area (Å²) in [6.07, 6.45) is -1.07. The van der Waals surface area contributed by atoms with Gasteiger partial charge in [-0.3, -0.25) is 0 Å². The fourth-order valence-electron chi connectivity index (χ4n) is 2.68. The fraction of sp³-hybridized carbons (Fsp3) is 0.368. The first-order valence-corrected chi connectivity index (χ1v) is 10.8. The molecule has 2 rings (SSSR count). The number of halogens is 2. The molecule has 0 aromatic heterocycles. The second-order valence-corrected chi connectivity index (χ2v) is 9.55. The Hall–Kier alpha value is -1.15. The van der Waals surface area contributed by atoms with Crippen molar-refractivity contribution in [1.82, 2.24) is 4.31 Å². The monoisotopic (exact) mass is 430 g/mol. The Morgan fingerprint density at radius 3 is 2.22 bits per heavy atom. The summed E-state index contributed by atoms with van der Waals surface area (Å²) in [6.45, 7) is 3.92. The maximum Gasteiger partial charge on any atom is 0.243 e. The van der Waals surface area contributed by atoms with Crippen molar-refractivity contribution in [2.75, 3.05) is 13.1 Å². The number of aliphatic hydroxyl groups is 1. The molecule has 0 saturated heterocycles. The molecule has 0 unspecified atom stereocenters. The van der Waals surface area contributed by atoms with Gasteiger partial charge in [0.25, 0.3) is 0 Å². The van der Waals surface area contributed by atoms with E-state index in [0.29, 0.717) is 0 Å². The van der Waals surface area contributed by atoms with Gasteiger partial charge in [-0.2, -0.15) is 4.31 Å². The first kappa shape index (κ1) is 22.1. The quantitative estimate of drug-likeness (QED) is 0.668. The minimum absolute atomic E-state index is 0.0260. The number of hydrogen-bond donors (Lipinski definition) is 2. The normalized spacial score (nSPS) is 14.5. The molecule has 2 aromatic rings. The molecule has 0 aliphatic carbocycles. The minimum Gasteiger partial charge on any atom is -0.390 e. The van der Waals surface area contributed by atoms with E-state index in [1.807, 2.05) is 32.0 Å². The zero-order valence-corrected chi connectivity index (χ0v) is 17.5. The van der Waals surface area contributed by atoms with Crippen molar-refractivity contribution in [3.8, 4) is 0 Å². The number of sulfonamides is 1. The van der Waals surface area contributed by atoms with Gasteiger partial charge in [0, 0.05) is 13.1 Å². The number of benzene rings is 2. The van der Waals surface area contributed by atoms with Gasteiger partial charge in [0.05, 0.1) is 27.1 Å². The second kappa shape index (κ2) is 9.37. The molecule has 8 heteroatoms. The Bertz CT molecular complexity index is 861. The first-order valence-electron chi connectivity index (χ1n) is 8.56. The lowest BCUT2D eigenvalue weighted by Gasteiger charge is -2.29. The maximum atomic E-state index is 13.1. The van der Waals surface area contributed by atoms with E-state index in [1.165, 1.54) is 22.5 Å². The Morgan fingerprint density at radius 1 is 1.04 bits per heavy atom. The summed E-state index contributed by atoms with van der Waals surface area (Å²) in [7, 11) is -3.87. The largest absolute Gasteiger partial charge is 0.390 e. The summed E-state index contributed by atoms with van der Waals surface area (Å²) in [4.78, 5) is 0.0260. The molecule has 148 valence electrons. The molecule has 0 aliphatic heterocycles. The summed E-state index contributed by atoms with van der Waals surface area (Å²) < 4.78 is 27.4. The zero-order chi connectivity index (χ0) is 20.2. The van der Waals surface area contributed by atoms with Crippen LogP contribution < -0.4 is 5.73 Å². The van der Waals surface area contributed by atoms with Crippen LogP contribution in [-0.2, 0) is 10.0 Å². The smallest absolute Gasteiger partial charge is 0.243 e. The fourth-order valence-corrected chi connectivity index (χ4v) is 4.70. The lowest BCUT2D eigenvalue weighted by molar-refractivity contribution is 0.116. The van der Waals surface area contributed by atoms with E-state index in [0.717, 1.165) is 5.56 Å². The predicted molar refractivity (Wildman–Crippen MR) is 109 cm³/mol. The SMILES string of the molecule is CC(C)CN(C[C@H](O)[C@@H](N)c1ccccc1)S(=O)(=O)c1ccc(Cl)c(Cl)c1. The molecular formula is C19H24Cl2N2O3S. The third kappa shape index (κ3) is 5.67. The van der Waals surface area contributed by atoms with E-state index in [9.17, 15) is 13.5 Å². The summed E-state index contributed by atoms with van der Waals surface area (Å²) in [5.74, 6) is 0.0581. The van der Waals surface area contributed by atoms with Crippen LogP contribution in [0.15, 0.2) is 53.4 Å². The van der Waals surface area contributed by atoms with Gasteiger partial charge < -0.3 is 10.8 Å². The molecule has 0 aliphatic rings. The van der Waals surface area contributed by atoms with Crippen LogP contribution in [0.1, 0.15) is 25.5 Å². The van der Waals surface area contributed by atoms with E-state index in [1.54, 1.807) is 12.1 Å². The molecule has 0 radical (unpaired) electrons. The standard InChI is InChI=1S/C19H24Cl2N2O3S/c1-13(2)11-23(12-18(24)19(22)14-6-4-3-5-7-14)27(25,26)15-8-9-16(20)17(21)10-15/h3-10,13,18-19,24H,11-12,22H2,1-2H3/t18-,19-/m0/s1. The average molecular weight is 431 g/mol. The highest BCUT2D eigenvalue weighted by atomic mass is 35.5. The molecule has 0 bridgehead atoms. The zero-order valence-electron chi connectivity index (χ0n) is 15.2. The van der Waals surface area contributed by atoms with Crippen LogP contribution in [-0.4, -0.2) is 37.0 Å². The summed E-state index contributed by atoms with van der Waals surface area (Å²) in [5.41, 5.74) is 6.87. The third-order valence-corrected chi connectivity index (χ3v) is 6.65. The van der Waals surface area contributed by atoms with Gasteiger partial charge in [-0.1, -0.05) is 67.4 Å². The van der Waals surface area contributed by atoms with Gasteiger partial charge in [0.2, 0.25) is 10.0 Å². The van der Waals surface area contributed by atoms with E-state index in [4.69, 9.17) is 28.9 Å². The molecule has 0 saturated carbocycles. The molecule has 3 N–H and O–H groups in total. The topological polar surface area (TPSA) is 83.6 Å². The van der Waals surface area contributed by atoms with Crippen LogP contribution in [0.25, 0.3) is 0 Å². The summed E-state index contributed by atoms with van der Waals surface area (Å²) in [5, 5.41) is 11.0. The van der Waals surface area contributed by atoms with Crippen molar-refractivity contribution in [2.45, 2.75) is 30.9 Å². The molecule has 5 nitrogen and oxygen atoms in total. The van der Waals surface area contributed by atoms with Gasteiger partial charge in [0.1, 0.15) is 0 Å². The van der Waals surface area contributed by atoms with Gasteiger partial charge in [-0.05, 0) is 29.7 Å². The Labute approximate surface area is 170 Å². The highest BCUT2D eigenvalue weighted by Gasteiger charge is 2.30. The maximum absolute atomic E-state index is 13.1. The molecule has 0 fully saturated rings. The van der Waals surface area contributed by atoms with Crippen molar-refractivity contribution in [2.24, 2.45) is 11.7 Å². The molecule has 27 heavy (non-hydrogen) atoms. The molecule has 0 amide bonds. The van der Waals surface area contributed by atoms with Gasteiger partial charge >= 0.3 is 0 Å². The van der Waals surface area contributed by atoms with Gasteiger partial charge in [-0.15, -0.1) is 0 Å². The highest BCUT2D eigenvalue weighted by molar-refractivity contribution is 7.89. The first-order chi connectivity index (χ1) is 12.6. The van der Waals surface area contributed by atoms with Gasteiger partial charge in [0.15, 0.2) is 0 Å². The second-order valence-electron chi connectivity index (χ2n) is 6.80. The van der Waals surface area contributed by atoms with Crippen molar-refractivity contribution < 1.29 is 13.5 Å². The van der Waals surface area contributed by atoms with Crippen molar-refractivity contribution in [3.63, 3.8) is 0 Å². The number of rotatable bonds is 8. The van der Waals surface area contributed by atoms with Crippen molar-refractivity contribution >= 4 is 33.2 Å². The average Bonchev–Trinajstić information content (AvgIpc) is 2.63. The molecule has 2 aromatic carbocycles. The Morgan fingerprint density at radius 2 is 1.67 bits per heavy atom. The van der Waals surface area contributed by atoms with E-state index >= 15 is 0 Å². The highest BCUT2D eigenvalue weighted by Crippen LogP contribution is 2.27. The Kier molecular flexibility index (Phi) is 7.68. The summed E-state index contributed by atoms with van der Waals surface area (Å²) >= 11 is 11.9. The van der Waals surface area contributed by atoms with Crippen molar-refractivity contribution in [1.29, 1.82) is 0 Å². The van der Waals surface area contributed by atoms with Crippen molar-refractivity contribution in [3.05, 3.63) is 64.1 Å². The lowest BCUT2D eigenvalue weighted by atomic mass is 10.0. The summed E-state index contributed by atoms with van der Waals surface area (Å²) in [6, 6.07) is 12.5.